The van der Waals surface area contributed by atoms with Crippen LogP contribution < -0.4 is 9.47 Å². The smallest absolute Gasteiger partial charge is 0.330 e. The second kappa shape index (κ2) is 9.86. The molecule has 4 heteroatoms. The predicted molar refractivity (Wildman–Crippen MR) is 83.7 cm³/mol. The minimum Gasteiger partial charge on any atom is -0.494 e. The van der Waals surface area contributed by atoms with Gasteiger partial charge in [-0.25, -0.2) is 4.79 Å². The van der Waals surface area contributed by atoms with E-state index in [0.717, 1.165) is 29.9 Å². The first-order valence-electron chi connectivity index (χ1n) is 7.45. The van der Waals surface area contributed by atoms with E-state index in [9.17, 15) is 4.79 Å². The molecule has 1 aromatic carbocycles. The van der Waals surface area contributed by atoms with Crippen LogP contribution in [0.25, 0.3) is 6.08 Å². The van der Waals surface area contributed by atoms with E-state index in [0.29, 0.717) is 19.8 Å². The Kier molecular flexibility index (Phi) is 8.02. The number of esters is 1. The lowest BCUT2D eigenvalue weighted by molar-refractivity contribution is -0.137. The Morgan fingerprint density at radius 3 is 2.48 bits per heavy atom. The molecule has 1 rings (SSSR count). The fraction of sp³-hybridized carbons (Fsp3) is 0.471. The van der Waals surface area contributed by atoms with Crippen molar-refractivity contribution < 1.29 is 19.0 Å². The van der Waals surface area contributed by atoms with Gasteiger partial charge in [0.05, 0.1) is 19.8 Å². The van der Waals surface area contributed by atoms with Gasteiger partial charge in [-0.05, 0) is 44.0 Å². The average molecular weight is 292 g/mol. The molecule has 0 aliphatic carbocycles. The summed E-state index contributed by atoms with van der Waals surface area (Å²) < 4.78 is 16.2. The first-order valence-corrected chi connectivity index (χ1v) is 7.45. The van der Waals surface area contributed by atoms with Gasteiger partial charge >= 0.3 is 5.97 Å². The van der Waals surface area contributed by atoms with Gasteiger partial charge in [0.15, 0.2) is 0 Å². The highest BCUT2D eigenvalue weighted by Crippen LogP contribution is 2.26. The molecule has 0 fully saturated rings. The summed E-state index contributed by atoms with van der Waals surface area (Å²) in [4.78, 5) is 11.4. The Bertz CT molecular complexity index is 466. The van der Waals surface area contributed by atoms with E-state index in [1.54, 1.807) is 13.0 Å². The molecule has 116 valence electrons. The average Bonchev–Trinajstić information content (AvgIpc) is 2.50. The first kappa shape index (κ1) is 17.1. The van der Waals surface area contributed by atoms with Crippen molar-refractivity contribution in [1.29, 1.82) is 0 Å². The molecule has 4 nitrogen and oxygen atoms in total. The highest BCUT2D eigenvalue weighted by molar-refractivity contribution is 5.87. The van der Waals surface area contributed by atoms with Crippen molar-refractivity contribution in [2.75, 3.05) is 19.8 Å². The van der Waals surface area contributed by atoms with Gasteiger partial charge in [0.2, 0.25) is 0 Å². The lowest BCUT2D eigenvalue weighted by atomic mass is 10.1. The second-order valence-corrected chi connectivity index (χ2v) is 4.48. The van der Waals surface area contributed by atoms with E-state index in [4.69, 9.17) is 14.2 Å². The van der Waals surface area contributed by atoms with Gasteiger partial charge < -0.3 is 14.2 Å². The normalized spacial score (nSPS) is 10.6. The molecule has 0 bridgehead atoms. The monoisotopic (exact) mass is 292 g/mol. The summed E-state index contributed by atoms with van der Waals surface area (Å²) in [7, 11) is 0. The molecule has 0 atom stereocenters. The first-order chi connectivity index (χ1) is 10.2. The summed E-state index contributed by atoms with van der Waals surface area (Å²) in [6, 6.07) is 5.62. The van der Waals surface area contributed by atoms with Crippen LogP contribution in [0.3, 0.4) is 0 Å². The van der Waals surface area contributed by atoms with Crippen LogP contribution in [0.15, 0.2) is 24.3 Å². The number of hydrogen-bond donors (Lipinski definition) is 0. The summed E-state index contributed by atoms with van der Waals surface area (Å²) in [5.74, 6) is 1.14. The molecule has 0 unspecified atom stereocenters. The maximum atomic E-state index is 11.4. The number of carbonyl (C=O) groups is 1. The third-order valence-electron chi connectivity index (χ3n) is 2.60. The molecule has 0 aliphatic rings. The third-order valence-corrected chi connectivity index (χ3v) is 2.60. The Labute approximate surface area is 126 Å². The fourth-order valence-corrected chi connectivity index (χ4v) is 1.66. The lowest BCUT2D eigenvalue weighted by Crippen LogP contribution is -2.01. The molecule has 0 heterocycles. The van der Waals surface area contributed by atoms with Crippen LogP contribution >= 0.6 is 0 Å². The number of rotatable bonds is 9. The zero-order valence-corrected chi connectivity index (χ0v) is 13.1. The lowest BCUT2D eigenvalue weighted by Gasteiger charge is -2.11. The largest absolute Gasteiger partial charge is 0.494 e. The Morgan fingerprint density at radius 1 is 1.10 bits per heavy atom. The standard InChI is InChI=1S/C17H24O4/c1-4-11-20-15-8-9-16(21-12-5-2)14(13-15)7-10-17(18)19-6-3/h7-10,13H,4-6,11-12H2,1-3H3. The van der Waals surface area contributed by atoms with Gasteiger partial charge in [0.25, 0.3) is 0 Å². The van der Waals surface area contributed by atoms with E-state index in [2.05, 4.69) is 6.92 Å². The van der Waals surface area contributed by atoms with Crippen LogP contribution in [0.1, 0.15) is 39.2 Å². The van der Waals surface area contributed by atoms with Gasteiger partial charge in [-0.3, -0.25) is 0 Å². The molecule has 1 aromatic rings. The molecule has 0 aromatic heterocycles. The van der Waals surface area contributed by atoms with Crippen LogP contribution in [0.5, 0.6) is 11.5 Å². The molecule has 0 amide bonds. The highest BCUT2D eigenvalue weighted by atomic mass is 16.5. The number of carbonyl (C=O) groups excluding carboxylic acids is 1. The van der Waals surface area contributed by atoms with E-state index in [1.165, 1.54) is 6.08 Å². The molecular formula is C17H24O4. The molecule has 0 N–H and O–H groups in total. The number of benzene rings is 1. The van der Waals surface area contributed by atoms with E-state index >= 15 is 0 Å². The van der Waals surface area contributed by atoms with E-state index in [-0.39, 0.29) is 5.97 Å². The second-order valence-electron chi connectivity index (χ2n) is 4.48. The van der Waals surface area contributed by atoms with Crippen molar-refractivity contribution in [3.8, 4) is 11.5 Å². The quantitative estimate of drug-likeness (QED) is 0.512. The maximum absolute atomic E-state index is 11.4. The summed E-state index contributed by atoms with van der Waals surface area (Å²) in [5.41, 5.74) is 0.810. The summed E-state index contributed by atoms with van der Waals surface area (Å²) in [5, 5.41) is 0. The maximum Gasteiger partial charge on any atom is 0.330 e. The minimum atomic E-state index is -0.362. The van der Waals surface area contributed by atoms with Crippen LogP contribution in [-0.2, 0) is 9.53 Å². The van der Waals surface area contributed by atoms with Crippen molar-refractivity contribution in [3.05, 3.63) is 29.8 Å². The molecule has 0 saturated heterocycles. The zero-order valence-electron chi connectivity index (χ0n) is 13.1. The summed E-state index contributed by atoms with van der Waals surface area (Å²) in [6.07, 6.45) is 4.97. The highest BCUT2D eigenvalue weighted by Gasteiger charge is 2.05. The van der Waals surface area contributed by atoms with Gasteiger partial charge in [-0.15, -0.1) is 0 Å². The van der Waals surface area contributed by atoms with Crippen LogP contribution in [0, 0.1) is 0 Å². The van der Waals surface area contributed by atoms with E-state index in [1.807, 2.05) is 25.1 Å². The van der Waals surface area contributed by atoms with Crippen LogP contribution in [0.4, 0.5) is 0 Å². The van der Waals surface area contributed by atoms with E-state index < -0.39 is 0 Å². The van der Waals surface area contributed by atoms with Gasteiger partial charge in [0.1, 0.15) is 11.5 Å². The number of hydrogen-bond acceptors (Lipinski definition) is 4. The molecular weight excluding hydrogens is 268 g/mol. The Balaban J connectivity index is 2.89. The van der Waals surface area contributed by atoms with Crippen molar-refractivity contribution in [3.63, 3.8) is 0 Å². The van der Waals surface area contributed by atoms with Gasteiger partial charge in [-0.2, -0.15) is 0 Å². The molecule has 0 aliphatic heterocycles. The zero-order chi connectivity index (χ0) is 15.5. The van der Waals surface area contributed by atoms with Gasteiger partial charge in [-0.1, -0.05) is 13.8 Å². The molecule has 0 radical (unpaired) electrons. The molecule has 0 spiro atoms. The van der Waals surface area contributed by atoms with Gasteiger partial charge in [0, 0.05) is 11.6 Å². The van der Waals surface area contributed by atoms with Crippen molar-refractivity contribution in [2.24, 2.45) is 0 Å². The molecule has 21 heavy (non-hydrogen) atoms. The Morgan fingerprint density at radius 2 is 1.81 bits per heavy atom. The molecule has 0 saturated carbocycles. The SMILES string of the molecule is CCCOc1ccc(OCCC)c(C=CC(=O)OCC)c1. The van der Waals surface area contributed by atoms with Crippen LogP contribution in [0.2, 0.25) is 0 Å². The van der Waals surface area contributed by atoms with Crippen LogP contribution in [-0.4, -0.2) is 25.8 Å². The fourth-order valence-electron chi connectivity index (χ4n) is 1.66. The summed E-state index contributed by atoms with van der Waals surface area (Å²) in [6.45, 7) is 7.54. The Hall–Kier alpha value is -1.97. The van der Waals surface area contributed by atoms with Crippen molar-refractivity contribution in [1.82, 2.24) is 0 Å². The predicted octanol–water partition coefficient (Wildman–Crippen LogP) is 3.84. The van der Waals surface area contributed by atoms with Crippen molar-refractivity contribution in [2.45, 2.75) is 33.6 Å². The topological polar surface area (TPSA) is 44.8 Å². The minimum absolute atomic E-state index is 0.362. The number of ether oxygens (including phenoxy) is 3. The van der Waals surface area contributed by atoms with Crippen molar-refractivity contribution >= 4 is 12.0 Å². The third kappa shape index (κ3) is 6.34. The summed E-state index contributed by atoms with van der Waals surface area (Å²) >= 11 is 0.